The van der Waals surface area contributed by atoms with Crippen LogP contribution in [0.5, 0.6) is 0 Å². The van der Waals surface area contributed by atoms with Crippen LogP contribution in [0.3, 0.4) is 0 Å². The first-order valence-electron chi connectivity index (χ1n) is 7.10. The number of rotatable bonds is 6. The Balaban J connectivity index is 2.49. The first kappa shape index (κ1) is 14.0. The van der Waals surface area contributed by atoms with Gasteiger partial charge < -0.3 is 5.11 Å². The molecule has 0 heterocycles. The maximum atomic E-state index is 10.2. The molecule has 2 atom stereocenters. The van der Waals surface area contributed by atoms with Crippen molar-refractivity contribution in [2.24, 2.45) is 0 Å². The third kappa shape index (κ3) is 3.74. The van der Waals surface area contributed by atoms with Gasteiger partial charge in [-0.3, -0.25) is 4.90 Å². The minimum Gasteiger partial charge on any atom is -0.391 e. The maximum Gasteiger partial charge on any atom is 0.0695 e. The van der Waals surface area contributed by atoms with E-state index < -0.39 is 0 Å². The van der Waals surface area contributed by atoms with Gasteiger partial charge in [0, 0.05) is 12.1 Å². The molecule has 1 saturated carbocycles. The average Bonchev–Trinajstić information content (AvgIpc) is 2.31. The van der Waals surface area contributed by atoms with Crippen LogP contribution in [-0.2, 0) is 0 Å². The standard InChI is InChI=1S/C14H29NO/c1-4-9-14(16)13(5-2)15(3)12-10-7-6-8-11-12/h12-14,16H,4-11H2,1-3H3. The van der Waals surface area contributed by atoms with Crippen molar-refractivity contribution in [3.63, 3.8) is 0 Å². The second-order valence-electron chi connectivity index (χ2n) is 5.29. The predicted octanol–water partition coefficient (Wildman–Crippen LogP) is 3.19. The lowest BCUT2D eigenvalue weighted by Gasteiger charge is -2.39. The quantitative estimate of drug-likeness (QED) is 0.753. The number of likely N-dealkylation sites (N-methyl/N-ethyl adjacent to an activating group) is 1. The van der Waals surface area contributed by atoms with E-state index in [2.05, 4.69) is 25.8 Å². The van der Waals surface area contributed by atoms with Gasteiger partial charge in [0.2, 0.25) is 0 Å². The number of hydrogen-bond acceptors (Lipinski definition) is 2. The molecule has 0 aromatic rings. The molecule has 96 valence electrons. The van der Waals surface area contributed by atoms with E-state index in [1.807, 2.05) is 0 Å². The molecule has 0 spiro atoms. The van der Waals surface area contributed by atoms with Crippen molar-refractivity contribution >= 4 is 0 Å². The Morgan fingerprint density at radius 3 is 2.31 bits per heavy atom. The summed E-state index contributed by atoms with van der Waals surface area (Å²) in [6.45, 7) is 4.35. The summed E-state index contributed by atoms with van der Waals surface area (Å²) in [6, 6.07) is 1.08. The molecule has 0 aromatic carbocycles. The van der Waals surface area contributed by atoms with E-state index in [1.165, 1.54) is 32.1 Å². The Labute approximate surface area is 101 Å². The minimum atomic E-state index is -0.137. The molecule has 1 aliphatic carbocycles. The van der Waals surface area contributed by atoms with Gasteiger partial charge in [-0.2, -0.15) is 0 Å². The van der Waals surface area contributed by atoms with Gasteiger partial charge in [0.25, 0.3) is 0 Å². The summed E-state index contributed by atoms with van der Waals surface area (Å²) in [7, 11) is 2.21. The molecule has 0 aliphatic heterocycles. The Bertz CT molecular complexity index is 178. The number of aliphatic hydroxyl groups is 1. The summed E-state index contributed by atoms with van der Waals surface area (Å²) in [5.74, 6) is 0. The lowest BCUT2D eigenvalue weighted by Crippen LogP contribution is -2.47. The van der Waals surface area contributed by atoms with Crippen molar-refractivity contribution in [3.05, 3.63) is 0 Å². The fourth-order valence-corrected chi connectivity index (χ4v) is 3.08. The minimum absolute atomic E-state index is 0.137. The van der Waals surface area contributed by atoms with Crippen molar-refractivity contribution in [1.82, 2.24) is 4.90 Å². The van der Waals surface area contributed by atoms with Crippen LogP contribution in [0.2, 0.25) is 0 Å². The van der Waals surface area contributed by atoms with Crippen LogP contribution in [-0.4, -0.2) is 35.2 Å². The fraction of sp³-hybridized carbons (Fsp3) is 1.00. The van der Waals surface area contributed by atoms with Crippen LogP contribution < -0.4 is 0 Å². The molecule has 2 heteroatoms. The topological polar surface area (TPSA) is 23.5 Å². The summed E-state index contributed by atoms with van der Waals surface area (Å²) in [5.41, 5.74) is 0. The van der Waals surface area contributed by atoms with Crippen molar-refractivity contribution in [3.8, 4) is 0 Å². The van der Waals surface area contributed by atoms with E-state index in [9.17, 15) is 5.11 Å². The molecule has 1 rings (SSSR count). The molecule has 0 radical (unpaired) electrons. The maximum absolute atomic E-state index is 10.2. The molecule has 1 fully saturated rings. The van der Waals surface area contributed by atoms with Crippen LogP contribution in [0, 0.1) is 0 Å². The highest BCUT2D eigenvalue weighted by molar-refractivity contribution is 4.82. The van der Waals surface area contributed by atoms with Crippen molar-refractivity contribution in [2.75, 3.05) is 7.05 Å². The van der Waals surface area contributed by atoms with E-state index >= 15 is 0 Å². The van der Waals surface area contributed by atoms with Crippen molar-refractivity contribution < 1.29 is 5.11 Å². The van der Waals surface area contributed by atoms with Gasteiger partial charge in [-0.25, -0.2) is 0 Å². The predicted molar refractivity (Wildman–Crippen MR) is 69.6 cm³/mol. The van der Waals surface area contributed by atoms with E-state index in [-0.39, 0.29) is 6.10 Å². The summed E-state index contributed by atoms with van der Waals surface area (Å²) in [5, 5.41) is 10.2. The van der Waals surface area contributed by atoms with Crippen LogP contribution in [0.1, 0.15) is 65.2 Å². The lowest BCUT2D eigenvalue weighted by atomic mass is 9.91. The zero-order valence-corrected chi connectivity index (χ0v) is 11.3. The van der Waals surface area contributed by atoms with Crippen LogP contribution >= 0.6 is 0 Å². The molecule has 0 aromatic heterocycles. The summed E-state index contributed by atoms with van der Waals surface area (Å²) < 4.78 is 0. The summed E-state index contributed by atoms with van der Waals surface area (Å²) >= 11 is 0. The molecule has 0 saturated heterocycles. The van der Waals surface area contributed by atoms with E-state index in [0.717, 1.165) is 19.3 Å². The number of nitrogens with zero attached hydrogens (tertiary/aromatic N) is 1. The van der Waals surface area contributed by atoms with Crippen LogP contribution in [0.25, 0.3) is 0 Å². The molecule has 0 amide bonds. The Morgan fingerprint density at radius 2 is 1.81 bits per heavy atom. The normalized spacial score (nSPS) is 22.3. The van der Waals surface area contributed by atoms with Gasteiger partial charge in [0.05, 0.1) is 6.10 Å². The first-order valence-corrected chi connectivity index (χ1v) is 7.10. The highest BCUT2D eigenvalue weighted by Crippen LogP contribution is 2.25. The van der Waals surface area contributed by atoms with Gasteiger partial charge in [0.1, 0.15) is 0 Å². The zero-order valence-electron chi connectivity index (χ0n) is 11.3. The van der Waals surface area contributed by atoms with E-state index in [0.29, 0.717) is 12.1 Å². The molecule has 2 nitrogen and oxygen atoms in total. The van der Waals surface area contributed by atoms with Crippen molar-refractivity contribution in [2.45, 2.75) is 83.4 Å². The van der Waals surface area contributed by atoms with Gasteiger partial charge in [0.15, 0.2) is 0 Å². The van der Waals surface area contributed by atoms with Crippen LogP contribution in [0.15, 0.2) is 0 Å². The summed E-state index contributed by atoms with van der Waals surface area (Å²) in [4.78, 5) is 2.46. The third-order valence-corrected chi connectivity index (χ3v) is 4.12. The summed E-state index contributed by atoms with van der Waals surface area (Å²) in [6.07, 6.45) is 9.74. The first-order chi connectivity index (χ1) is 7.70. The van der Waals surface area contributed by atoms with Gasteiger partial charge in [-0.1, -0.05) is 39.5 Å². The molecule has 2 unspecified atom stereocenters. The van der Waals surface area contributed by atoms with Gasteiger partial charge >= 0.3 is 0 Å². The average molecular weight is 227 g/mol. The lowest BCUT2D eigenvalue weighted by molar-refractivity contribution is 0.0235. The monoisotopic (exact) mass is 227 g/mol. The molecule has 0 bridgehead atoms. The Hall–Kier alpha value is -0.0800. The smallest absolute Gasteiger partial charge is 0.0695 e. The second kappa shape index (κ2) is 7.29. The van der Waals surface area contributed by atoms with E-state index in [4.69, 9.17) is 0 Å². The van der Waals surface area contributed by atoms with E-state index in [1.54, 1.807) is 0 Å². The highest BCUT2D eigenvalue weighted by atomic mass is 16.3. The fourth-order valence-electron chi connectivity index (χ4n) is 3.08. The third-order valence-electron chi connectivity index (χ3n) is 4.12. The molecule has 1 aliphatic rings. The SMILES string of the molecule is CCCC(O)C(CC)N(C)C1CCCCC1. The number of aliphatic hydroxyl groups excluding tert-OH is 1. The molecular formula is C14H29NO. The highest BCUT2D eigenvalue weighted by Gasteiger charge is 2.27. The largest absolute Gasteiger partial charge is 0.391 e. The second-order valence-corrected chi connectivity index (χ2v) is 5.29. The van der Waals surface area contributed by atoms with Gasteiger partial charge in [-0.15, -0.1) is 0 Å². The van der Waals surface area contributed by atoms with Gasteiger partial charge in [-0.05, 0) is 32.7 Å². The Morgan fingerprint density at radius 1 is 1.19 bits per heavy atom. The molecular weight excluding hydrogens is 198 g/mol. The zero-order chi connectivity index (χ0) is 12.0. The number of hydrogen-bond donors (Lipinski definition) is 1. The molecule has 16 heavy (non-hydrogen) atoms. The van der Waals surface area contributed by atoms with Crippen LogP contribution in [0.4, 0.5) is 0 Å². The Kier molecular flexibility index (Phi) is 6.37. The van der Waals surface area contributed by atoms with Crippen molar-refractivity contribution in [1.29, 1.82) is 0 Å². The molecule has 1 N–H and O–H groups in total.